The number of nitrogens with two attached hydrogens (primary N) is 2. The van der Waals surface area contributed by atoms with Crippen molar-refractivity contribution in [3.8, 4) is 0 Å². The molecule has 11 nitrogen and oxygen atoms in total. The number of carboxylic acids is 1. The summed E-state index contributed by atoms with van der Waals surface area (Å²) in [6.07, 6.45) is 0.399. The van der Waals surface area contributed by atoms with E-state index in [1.807, 2.05) is 20.8 Å². The fraction of sp³-hybridized carbons (Fsp3) is 0.750. The van der Waals surface area contributed by atoms with Crippen molar-refractivity contribution >= 4 is 42.2 Å². The summed E-state index contributed by atoms with van der Waals surface area (Å²) >= 11 is 3.97. The molecule has 0 saturated carbocycles. The Balaban J connectivity index is 5.59. The lowest BCUT2D eigenvalue weighted by molar-refractivity contribution is -0.143. The lowest BCUT2D eigenvalue weighted by Gasteiger charge is -2.28. The first-order valence-electron chi connectivity index (χ1n) is 10.6. The molecule has 0 aliphatic rings. The van der Waals surface area contributed by atoms with Crippen LogP contribution in [0.1, 0.15) is 53.4 Å². The largest absolute Gasteiger partial charge is 0.480 e. The fourth-order valence-electron chi connectivity index (χ4n) is 2.83. The van der Waals surface area contributed by atoms with E-state index in [1.165, 1.54) is 0 Å². The molecule has 0 aromatic heterocycles. The van der Waals surface area contributed by atoms with Crippen molar-refractivity contribution in [2.24, 2.45) is 23.3 Å². The first-order chi connectivity index (χ1) is 14.8. The molecule has 0 spiro atoms. The van der Waals surface area contributed by atoms with Gasteiger partial charge in [-0.2, -0.15) is 12.6 Å². The van der Waals surface area contributed by atoms with Gasteiger partial charge in [0.1, 0.15) is 18.1 Å². The van der Waals surface area contributed by atoms with Gasteiger partial charge < -0.3 is 32.5 Å². The van der Waals surface area contributed by atoms with Gasteiger partial charge in [0.2, 0.25) is 23.6 Å². The van der Waals surface area contributed by atoms with E-state index < -0.39 is 53.8 Å². The highest BCUT2D eigenvalue weighted by Crippen LogP contribution is 2.11. The molecule has 184 valence electrons. The van der Waals surface area contributed by atoms with Crippen LogP contribution in [-0.2, 0) is 24.0 Å². The molecule has 5 unspecified atom stereocenters. The molecule has 0 rings (SSSR count). The maximum atomic E-state index is 12.9. The molecule has 0 aromatic carbocycles. The van der Waals surface area contributed by atoms with E-state index in [4.69, 9.17) is 11.5 Å². The Kier molecular flexibility index (Phi) is 13.6. The van der Waals surface area contributed by atoms with Crippen LogP contribution in [0.3, 0.4) is 0 Å². The lowest BCUT2D eigenvalue weighted by Crippen LogP contribution is -2.59. The highest BCUT2D eigenvalue weighted by atomic mass is 32.1. The van der Waals surface area contributed by atoms with Crippen LogP contribution in [0, 0.1) is 11.8 Å². The zero-order chi connectivity index (χ0) is 25.0. The van der Waals surface area contributed by atoms with E-state index in [-0.39, 0.29) is 36.9 Å². The topological polar surface area (TPSA) is 194 Å². The van der Waals surface area contributed by atoms with Crippen LogP contribution in [-0.4, -0.2) is 64.6 Å². The molecule has 32 heavy (non-hydrogen) atoms. The maximum absolute atomic E-state index is 12.9. The molecular weight excluding hydrogens is 438 g/mol. The van der Waals surface area contributed by atoms with Crippen LogP contribution < -0.4 is 27.4 Å². The molecule has 0 saturated heterocycles. The second-order valence-corrected chi connectivity index (χ2v) is 8.62. The van der Waals surface area contributed by atoms with Gasteiger partial charge in [0.25, 0.3) is 0 Å². The van der Waals surface area contributed by atoms with E-state index in [0.717, 1.165) is 0 Å². The van der Waals surface area contributed by atoms with Crippen LogP contribution in [0.5, 0.6) is 0 Å². The summed E-state index contributed by atoms with van der Waals surface area (Å²) in [5, 5.41) is 16.9. The normalized spacial score (nSPS) is 15.7. The van der Waals surface area contributed by atoms with Crippen LogP contribution in [0.4, 0.5) is 0 Å². The number of carboxylic acid groups (broad SMARTS) is 1. The van der Waals surface area contributed by atoms with Gasteiger partial charge in [0.05, 0.1) is 6.04 Å². The lowest BCUT2D eigenvalue weighted by atomic mass is 9.97. The van der Waals surface area contributed by atoms with Gasteiger partial charge in [0.15, 0.2) is 0 Å². The minimum absolute atomic E-state index is 0.00361. The quantitative estimate of drug-likeness (QED) is 0.150. The molecule has 5 atom stereocenters. The van der Waals surface area contributed by atoms with E-state index in [2.05, 4.69) is 28.6 Å². The van der Waals surface area contributed by atoms with Crippen LogP contribution in [0.25, 0.3) is 0 Å². The van der Waals surface area contributed by atoms with Gasteiger partial charge in [-0.3, -0.25) is 19.2 Å². The summed E-state index contributed by atoms with van der Waals surface area (Å²) in [6, 6.07) is -4.28. The smallest absolute Gasteiger partial charge is 0.326 e. The van der Waals surface area contributed by atoms with Crippen LogP contribution in [0.15, 0.2) is 0 Å². The van der Waals surface area contributed by atoms with E-state index >= 15 is 0 Å². The molecule has 0 bridgehead atoms. The molecule has 4 amide bonds. The molecule has 0 aliphatic carbocycles. The van der Waals surface area contributed by atoms with Crippen molar-refractivity contribution in [3.63, 3.8) is 0 Å². The Morgan fingerprint density at radius 1 is 0.938 bits per heavy atom. The second kappa shape index (κ2) is 14.7. The molecule has 12 heteroatoms. The molecule has 8 N–H and O–H groups in total. The van der Waals surface area contributed by atoms with Gasteiger partial charge >= 0.3 is 5.97 Å². The first kappa shape index (κ1) is 29.7. The Bertz CT molecular complexity index is 675. The van der Waals surface area contributed by atoms with Crippen molar-refractivity contribution < 1.29 is 29.1 Å². The van der Waals surface area contributed by atoms with E-state index in [0.29, 0.717) is 6.42 Å². The van der Waals surface area contributed by atoms with Crippen molar-refractivity contribution in [2.45, 2.75) is 77.5 Å². The van der Waals surface area contributed by atoms with Crippen molar-refractivity contribution in [1.29, 1.82) is 0 Å². The number of carbonyl (C=O) groups is 5. The average Bonchev–Trinajstić information content (AvgIpc) is 2.71. The SMILES string of the molecule is CCC(C)C(NC(=O)C(N)CS)C(=O)NC(CCC(N)=O)C(=O)NC(CC(C)C)C(=O)O. The zero-order valence-electron chi connectivity index (χ0n) is 19.1. The maximum Gasteiger partial charge on any atom is 0.326 e. The standard InChI is InChI=1S/C20H37N5O6S/c1-5-11(4)16(25-17(27)12(21)9-32)19(29)23-13(6-7-15(22)26)18(28)24-14(20(30)31)8-10(2)3/h10-14,16,32H,5-9,21H2,1-4H3,(H2,22,26)(H,23,29)(H,24,28)(H,25,27)(H,30,31). The third-order valence-electron chi connectivity index (χ3n) is 4.96. The summed E-state index contributed by atoms with van der Waals surface area (Å²) in [4.78, 5) is 60.6. The van der Waals surface area contributed by atoms with Crippen LogP contribution >= 0.6 is 12.6 Å². The highest BCUT2D eigenvalue weighted by Gasteiger charge is 2.32. The van der Waals surface area contributed by atoms with Crippen molar-refractivity contribution in [3.05, 3.63) is 0 Å². The van der Waals surface area contributed by atoms with E-state index in [9.17, 15) is 29.1 Å². The van der Waals surface area contributed by atoms with Gasteiger partial charge in [-0.25, -0.2) is 4.79 Å². The molecule has 0 aromatic rings. The number of hydrogen-bond acceptors (Lipinski definition) is 7. The summed E-state index contributed by atoms with van der Waals surface area (Å²) < 4.78 is 0. The molecule has 0 radical (unpaired) electrons. The van der Waals surface area contributed by atoms with Gasteiger partial charge in [0, 0.05) is 12.2 Å². The third-order valence-corrected chi connectivity index (χ3v) is 5.35. The third kappa shape index (κ3) is 10.8. The second-order valence-electron chi connectivity index (χ2n) is 8.26. The van der Waals surface area contributed by atoms with Crippen LogP contribution in [0.2, 0.25) is 0 Å². The summed E-state index contributed by atoms with van der Waals surface area (Å²) in [5.74, 6) is -4.08. The first-order valence-corrected chi connectivity index (χ1v) is 11.3. The number of aliphatic carboxylic acids is 1. The van der Waals surface area contributed by atoms with Crippen molar-refractivity contribution in [2.75, 3.05) is 5.75 Å². The van der Waals surface area contributed by atoms with Gasteiger partial charge in [-0.1, -0.05) is 34.1 Å². The minimum Gasteiger partial charge on any atom is -0.480 e. The van der Waals surface area contributed by atoms with Gasteiger partial charge in [-0.15, -0.1) is 0 Å². The summed E-state index contributed by atoms with van der Waals surface area (Å²) in [5.41, 5.74) is 10.8. The summed E-state index contributed by atoms with van der Waals surface area (Å²) in [6.45, 7) is 7.20. The fourth-order valence-corrected chi connectivity index (χ4v) is 2.99. The number of thiol groups is 1. The zero-order valence-corrected chi connectivity index (χ0v) is 20.0. The Morgan fingerprint density at radius 3 is 1.94 bits per heavy atom. The number of hydrogen-bond donors (Lipinski definition) is 7. The molecule has 0 aliphatic heterocycles. The average molecular weight is 476 g/mol. The molecular formula is C20H37N5O6S. The predicted octanol–water partition coefficient (Wildman–Crippen LogP) is -0.860. The monoisotopic (exact) mass is 475 g/mol. The molecule has 0 heterocycles. The minimum atomic E-state index is -1.22. The predicted molar refractivity (Wildman–Crippen MR) is 123 cm³/mol. The molecule has 0 fully saturated rings. The number of nitrogens with one attached hydrogen (secondary N) is 3. The number of amides is 4. The number of carbonyl (C=O) groups excluding carboxylic acids is 4. The Morgan fingerprint density at radius 2 is 1.50 bits per heavy atom. The van der Waals surface area contributed by atoms with Gasteiger partial charge in [-0.05, 0) is 24.7 Å². The van der Waals surface area contributed by atoms with E-state index in [1.54, 1.807) is 6.92 Å². The van der Waals surface area contributed by atoms with Crippen molar-refractivity contribution in [1.82, 2.24) is 16.0 Å². The summed E-state index contributed by atoms with van der Waals surface area (Å²) in [7, 11) is 0. The number of primary amides is 1. The number of rotatable bonds is 15. The Labute approximate surface area is 194 Å². The Hall–Kier alpha value is -2.34. The highest BCUT2D eigenvalue weighted by molar-refractivity contribution is 7.80.